The molecular formula is C17H23N3O. The minimum atomic E-state index is 0.0734. The van der Waals surface area contributed by atoms with Crippen molar-refractivity contribution in [3.63, 3.8) is 0 Å². The number of benzene rings is 1. The number of ether oxygens (including phenoxy) is 1. The van der Waals surface area contributed by atoms with Crippen molar-refractivity contribution in [2.75, 3.05) is 12.3 Å². The molecule has 0 saturated heterocycles. The number of nitrogens with zero attached hydrogens (tertiary/aromatic N) is 2. The van der Waals surface area contributed by atoms with Gasteiger partial charge in [0, 0.05) is 0 Å². The summed E-state index contributed by atoms with van der Waals surface area (Å²) in [5.41, 5.74) is 11.9. The molecule has 1 aliphatic heterocycles. The summed E-state index contributed by atoms with van der Waals surface area (Å²) in [6, 6.07) is 8.54. The molecule has 0 fully saturated rings. The van der Waals surface area contributed by atoms with Crippen LogP contribution in [-0.4, -0.2) is 16.4 Å². The van der Waals surface area contributed by atoms with Crippen LogP contribution in [-0.2, 0) is 30.5 Å². The first kappa shape index (κ1) is 14.1. The number of aryl methyl sites for hydroxylation is 1. The maximum Gasteiger partial charge on any atom is 0.102 e. The molecule has 0 radical (unpaired) electrons. The monoisotopic (exact) mass is 285 g/mol. The molecule has 1 unspecified atom stereocenters. The molecule has 2 heterocycles. The van der Waals surface area contributed by atoms with Crippen molar-refractivity contribution in [1.29, 1.82) is 0 Å². The average molecular weight is 285 g/mol. The lowest BCUT2D eigenvalue weighted by Crippen LogP contribution is -2.22. The van der Waals surface area contributed by atoms with Gasteiger partial charge < -0.3 is 10.5 Å². The summed E-state index contributed by atoms with van der Waals surface area (Å²) in [6.07, 6.45) is 2.83. The summed E-state index contributed by atoms with van der Waals surface area (Å²) >= 11 is 0. The van der Waals surface area contributed by atoms with Gasteiger partial charge in [-0.3, -0.25) is 4.68 Å². The van der Waals surface area contributed by atoms with Crippen molar-refractivity contribution in [2.24, 2.45) is 0 Å². The van der Waals surface area contributed by atoms with Crippen LogP contribution >= 0.6 is 0 Å². The Kier molecular flexibility index (Phi) is 3.97. The van der Waals surface area contributed by atoms with E-state index in [0.29, 0.717) is 0 Å². The first-order chi connectivity index (χ1) is 10.2. The Bertz CT molecular complexity index is 633. The Morgan fingerprint density at radius 2 is 2.10 bits per heavy atom. The number of hydrogen-bond acceptors (Lipinski definition) is 3. The molecule has 1 aromatic heterocycles. The molecule has 1 atom stereocenters. The molecule has 4 nitrogen and oxygen atoms in total. The highest BCUT2D eigenvalue weighted by atomic mass is 16.5. The summed E-state index contributed by atoms with van der Waals surface area (Å²) < 4.78 is 8.03. The van der Waals surface area contributed by atoms with E-state index >= 15 is 0 Å². The molecule has 1 aromatic carbocycles. The zero-order valence-electron chi connectivity index (χ0n) is 12.8. The number of hydrogen-bond donors (Lipinski definition) is 1. The lowest BCUT2D eigenvalue weighted by molar-refractivity contribution is 0.0277. The van der Waals surface area contributed by atoms with E-state index in [-0.39, 0.29) is 6.10 Å². The quantitative estimate of drug-likeness (QED) is 0.939. The Morgan fingerprint density at radius 3 is 2.86 bits per heavy atom. The predicted octanol–water partition coefficient (Wildman–Crippen LogP) is 2.90. The van der Waals surface area contributed by atoms with Crippen LogP contribution in [0.4, 0.5) is 5.69 Å². The normalized spacial score (nSPS) is 17.7. The largest absolute Gasteiger partial charge is 0.396 e. The van der Waals surface area contributed by atoms with Crippen molar-refractivity contribution in [3.8, 4) is 0 Å². The highest BCUT2D eigenvalue weighted by Gasteiger charge is 2.23. The molecule has 21 heavy (non-hydrogen) atoms. The second kappa shape index (κ2) is 5.90. The van der Waals surface area contributed by atoms with Gasteiger partial charge in [-0.15, -0.1) is 0 Å². The first-order valence-electron chi connectivity index (χ1n) is 7.78. The van der Waals surface area contributed by atoms with E-state index in [4.69, 9.17) is 10.5 Å². The van der Waals surface area contributed by atoms with E-state index in [0.717, 1.165) is 49.5 Å². The summed E-state index contributed by atoms with van der Waals surface area (Å²) in [7, 11) is 0. The van der Waals surface area contributed by atoms with E-state index in [1.54, 1.807) is 0 Å². The number of fused-ring (bicyclic) bond motifs is 1. The summed E-state index contributed by atoms with van der Waals surface area (Å²) in [5.74, 6) is 0. The van der Waals surface area contributed by atoms with Gasteiger partial charge in [0.2, 0.25) is 0 Å². The van der Waals surface area contributed by atoms with Gasteiger partial charge in [0.25, 0.3) is 0 Å². The van der Waals surface area contributed by atoms with Crippen molar-refractivity contribution >= 4 is 5.69 Å². The van der Waals surface area contributed by atoms with E-state index in [9.17, 15) is 0 Å². The van der Waals surface area contributed by atoms with Gasteiger partial charge in [0.1, 0.15) is 6.10 Å². The lowest BCUT2D eigenvalue weighted by Gasteiger charge is -2.26. The fourth-order valence-corrected chi connectivity index (χ4v) is 3.14. The first-order valence-corrected chi connectivity index (χ1v) is 7.78. The second-order valence-corrected chi connectivity index (χ2v) is 5.50. The lowest BCUT2D eigenvalue weighted by atomic mass is 9.97. The third-order valence-corrected chi connectivity index (χ3v) is 4.28. The molecule has 2 aromatic rings. The third-order valence-electron chi connectivity index (χ3n) is 4.28. The fourth-order valence-electron chi connectivity index (χ4n) is 3.14. The fraction of sp³-hybridized carbons (Fsp3) is 0.471. The van der Waals surface area contributed by atoms with Crippen molar-refractivity contribution in [1.82, 2.24) is 9.78 Å². The smallest absolute Gasteiger partial charge is 0.102 e. The standard InChI is InChI=1S/C17H23N3O/c1-3-14-17(18)15(4-2)20(19-14)11-16-13-8-6-5-7-12(13)9-10-21-16/h5-8,16H,3-4,9-11,18H2,1-2H3. The van der Waals surface area contributed by atoms with Crippen LogP contribution in [0.5, 0.6) is 0 Å². The Balaban J connectivity index is 1.91. The number of nitrogen functional groups attached to an aromatic ring is 1. The van der Waals surface area contributed by atoms with Crippen LogP contribution in [0.15, 0.2) is 24.3 Å². The van der Waals surface area contributed by atoms with E-state index in [2.05, 4.69) is 43.2 Å². The van der Waals surface area contributed by atoms with Crippen molar-refractivity contribution in [2.45, 2.75) is 45.8 Å². The predicted molar refractivity (Wildman–Crippen MR) is 84.2 cm³/mol. The molecule has 0 amide bonds. The number of anilines is 1. The number of rotatable bonds is 4. The minimum absolute atomic E-state index is 0.0734. The zero-order valence-corrected chi connectivity index (χ0v) is 12.8. The molecule has 0 aliphatic carbocycles. The molecular weight excluding hydrogens is 262 g/mol. The van der Waals surface area contributed by atoms with Crippen LogP contribution in [0.1, 0.15) is 42.5 Å². The van der Waals surface area contributed by atoms with E-state index in [1.807, 2.05) is 4.68 Å². The minimum Gasteiger partial charge on any atom is -0.396 e. The number of aromatic nitrogens is 2. The van der Waals surface area contributed by atoms with Crippen molar-refractivity contribution < 1.29 is 4.74 Å². The van der Waals surface area contributed by atoms with Crippen LogP contribution in [0, 0.1) is 0 Å². The topological polar surface area (TPSA) is 53.1 Å². The molecule has 1 aliphatic rings. The Morgan fingerprint density at radius 1 is 1.29 bits per heavy atom. The maximum atomic E-state index is 6.20. The third kappa shape index (κ3) is 2.56. The van der Waals surface area contributed by atoms with Gasteiger partial charge in [-0.05, 0) is 30.4 Å². The van der Waals surface area contributed by atoms with Gasteiger partial charge in [0.15, 0.2) is 0 Å². The average Bonchev–Trinajstić information content (AvgIpc) is 2.82. The maximum absolute atomic E-state index is 6.20. The second-order valence-electron chi connectivity index (χ2n) is 5.50. The van der Waals surface area contributed by atoms with Crippen LogP contribution in [0.2, 0.25) is 0 Å². The molecule has 2 N–H and O–H groups in total. The summed E-state index contributed by atoms with van der Waals surface area (Å²) in [4.78, 5) is 0. The van der Waals surface area contributed by atoms with Crippen molar-refractivity contribution in [3.05, 3.63) is 46.8 Å². The number of nitrogens with two attached hydrogens (primary N) is 1. The van der Waals surface area contributed by atoms with Gasteiger partial charge in [-0.25, -0.2) is 0 Å². The van der Waals surface area contributed by atoms with Crippen LogP contribution < -0.4 is 5.73 Å². The molecule has 0 saturated carbocycles. The van der Waals surface area contributed by atoms with E-state index in [1.165, 1.54) is 11.1 Å². The van der Waals surface area contributed by atoms with Gasteiger partial charge in [-0.2, -0.15) is 5.10 Å². The van der Waals surface area contributed by atoms with Crippen LogP contribution in [0.25, 0.3) is 0 Å². The highest BCUT2D eigenvalue weighted by molar-refractivity contribution is 5.48. The Hall–Kier alpha value is -1.81. The zero-order chi connectivity index (χ0) is 14.8. The van der Waals surface area contributed by atoms with Gasteiger partial charge in [0.05, 0.1) is 30.2 Å². The molecule has 4 heteroatoms. The molecule has 112 valence electrons. The molecule has 3 rings (SSSR count). The van der Waals surface area contributed by atoms with Gasteiger partial charge in [-0.1, -0.05) is 38.1 Å². The highest BCUT2D eigenvalue weighted by Crippen LogP contribution is 2.29. The Labute approximate surface area is 125 Å². The SMILES string of the molecule is CCc1nn(CC2OCCc3ccccc32)c(CC)c1N. The summed E-state index contributed by atoms with van der Waals surface area (Å²) in [5, 5.41) is 4.68. The summed E-state index contributed by atoms with van der Waals surface area (Å²) in [6.45, 7) is 5.73. The molecule has 0 spiro atoms. The molecule has 0 bridgehead atoms. The van der Waals surface area contributed by atoms with Crippen LogP contribution in [0.3, 0.4) is 0 Å². The van der Waals surface area contributed by atoms with Gasteiger partial charge >= 0.3 is 0 Å². The van der Waals surface area contributed by atoms with E-state index < -0.39 is 0 Å².